The quantitative estimate of drug-likeness (QED) is 0.390. The SMILES string of the molecule is O=C(O)CC(C(=O)OC(F)(F)C(F)(F)CC(F)(F)F)S(=O)(=O)O. The van der Waals surface area contributed by atoms with Gasteiger partial charge in [0, 0.05) is 0 Å². The third kappa shape index (κ3) is 6.55. The number of carbonyl (C=O) groups excluding carboxylic acids is 1. The van der Waals surface area contributed by atoms with Crippen LogP contribution in [0.2, 0.25) is 0 Å². The van der Waals surface area contributed by atoms with Gasteiger partial charge in [0.2, 0.25) is 0 Å². The molecular weight excluding hydrogens is 373 g/mol. The van der Waals surface area contributed by atoms with E-state index >= 15 is 0 Å². The summed E-state index contributed by atoms with van der Waals surface area (Å²) in [4.78, 5) is 21.3. The lowest BCUT2D eigenvalue weighted by molar-refractivity contribution is -0.351. The van der Waals surface area contributed by atoms with Crippen molar-refractivity contribution >= 4 is 22.1 Å². The summed E-state index contributed by atoms with van der Waals surface area (Å²) < 4.78 is 119. The molecule has 23 heavy (non-hydrogen) atoms. The molecular formula is C8H7F7O7S. The van der Waals surface area contributed by atoms with E-state index in [2.05, 4.69) is 4.74 Å². The number of rotatable bonds is 7. The number of carboxylic acids is 1. The van der Waals surface area contributed by atoms with Gasteiger partial charge in [-0.05, 0) is 0 Å². The summed E-state index contributed by atoms with van der Waals surface area (Å²) in [6, 6.07) is 0. The fourth-order valence-corrected chi connectivity index (χ4v) is 1.73. The highest BCUT2D eigenvalue weighted by atomic mass is 32.2. The van der Waals surface area contributed by atoms with Crippen LogP contribution in [0.25, 0.3) is 0 Å². The van der Waals surface area contributed by atoms with Gasteiger partial charge in [0.25, 0.3) is 10.1 Å². The highest BCUT2D eigenvalue weighted by molar-refractivity contribution is 7.87. The summed E-state index contributed by atoms with van der Waals surface area (Å²) in [5, 5.41) is 5.01. The number of esters is 1. The summed E-state index contributed by atoms with van der Waals surface area (Å²) >= 11 is 0. The van der Waals surface area contributed by atoms with E-state index in [0.29, 0.717) is 0 Å². The first-order chi connectivity index (χ1) is 9.89. The minimum absolute atomic E-state index is 1.85. The number of aliphatic carboxylic acids is 1. The van der Waals surface area contributed by atoms with Gasteiger partial charge < -0.3 is 9.84 Å². The van der Waals surface area contributed by atoms with Crippen LogP contribution in [0.15, 0.2) is 0 Å². The second kappa shape index (κ2) is 6.46. The molecule has 7 nitrogen and oxygen atoms in total. The Kier molecular flexibility index (Phi) is 6.00. The number of carboxylic acid groups (broad SMARTS) is 1. The topological polar surface area (TPSA) is 118 Å². The molecule has 0 saturated carbocycles. The monoisotopic (exact) mass is 380 g/mol. The van der Waals surface area contributed by atoms with E-state index in [-0.39, 0.29) is 0 Å². The van der Waals surface area contributed by atoms with Gasteiger partial charge in [0.1, 0.15) is 6.42 Å². The molecule has 1 atom stereocenters. The van der Waals surface area contributed by atoms with Crippen LogP contribution >= 0.6 is 0 Å². The van der Waals surface area contributed by atoms with E-state index in [1.54, 1.807) is 0 Å². The molecule has 0 rings (SSSR count). The van der Waals surface area contributed by atoms with Gasteiger partial charge in [-0.2, -0.15) is 39.2 Å². The van der Waals surface area contributed by atoms with E-state index in [0.717, 1.165) is 0 Å². The van der Waals surface area contributed by atoms with Crippen molar-refractivity contribution in [3.05, 3.63) is 0 Å². The Morgan fingerprint density at radius 1 is 1.04 bits per heavy atom. The van der Waals surface area contributed by atoms with Gasteiger partial charge in [-0.25, -0.2) is 0 Å². The first-order valence-electron chi connectivity index (χ1n) is 5.12. The molecule has 0 aliphatic rings. The van der Waals surface area contributed by atoms with E-state index < -0.39 is 58.4 Å². The summed E-state index contributed by atoms with van der Waals surface area (Å²) in [6.45, 7) is 0. The van der Waals surface area contributed by atoms with Gasteiger partial charge in [-0.15, -0.1) is 0 Å². The van der Waals surface area contributed by atoms with Gasteiger partial charge in [0.15, 0.2) is 5.25 Å². The van der Waals surface area contributed by atoms with Gasteiger partial charge in [0.05, 0.1) is 6.42 Å². The average molecular weight is 380 g/mol. The minimum atomic E-state index is -6.11. The van der Waals surface area contributed by atoms with Crippen LogP contribution in [0.3, 0.4) is 0 Å². The lowest BCUT2D eigenvalue weighted by Gasteiger charge is -2.27. The maximum absolute atomic E-state index is 13.0. The molecule has 0 aromatic heterocycles. The first-order valence-corrected chi connectivity index (χ1v) is 6.63. The number of hydrogen-bond donors (Lipinski definition) is 2. The van der Waals surface area contributed by atoms with Crippen LogP contribution in [-0.2, 0) is 24.4 Å². The van der Waals surface area contributed by atoms with E-state index in [4.69, 9.17) is 9.66 Å². The molecule has 0 heterocycles. The summed E-state index contributed by atoms with van der Waals surface area (Å²) in [6.07, 6.45) is -17.2. The van der Waals surface area contributed by atoms with Crippen LogP contribution in [-0.4, -0.2) is 53.5 Å². The second-order valence-corrected chi connectivity index (χ2v) is 5.63. The van der Waals surface area contributed by atoms with Crippen LogP contribution in [0.4, 0.5) is 30.7 Å². The Morgan fingerprint density at radius 2 is 1.48 bits per heavy atom. The molecule has 0 amide bonds. The number of alkyl halides is 7. The smallest absolute Gasteiger partial charge is 0.466 e. The standard InChI is InChI=1S/C8H7F7O7S/c9-6(10,2-7(11,12)13)8(14,15)22-5(18)3(1-4(16)17)23(19,20)21/h3H,1-2H2,(H,16,17)(H,19,20,21). The fraction of sp³-hybridized carbons (Fsp3) is 0.750. The predicted octanol–water partition coefficient (Wildman–Crippen LogP) is 1.44. The van der Waals surface area contributed by atoms with Gasteiger partial charge >= 0.3 is 30.1 Å². The Morgan fingerprint density at radius 3 is 1.78 bits per heavy atom. The molecule has 0 saturated heterocycles. The minimum Gasteiger partial charge on any atom is -0.481 e. The normalized spacial score (nSPS) is 15.1. The number of carbonyl (C=O) groups is 2. The lowest BCUT2D eigenvalue weighted by Crippen LogP contribution is -2.49. The maximum atomic E-state index is 13.0. The molecule has 136 valence electrons. The summed E-state index contributed by atoms with van der Waals surface area (Å²) in [5.41, 5.74) is 0. The molecule has 0 radical (unpaired) electrons. The molecule has 0 aliphatic carbocycles. The molecule has 15 heteroatoms. The Bertz CT molecular complexity index is 568. The zero-order valence-electron chi connectivity index (χ0n) is 10.5. The Hall–Kier alpha value is -1.64. The van der Waals surface area contributed by atoms with Crippen LogP contribution in [0, 0.1) is 0 Å². The van der Waals surface area contributed by atoms with Crippen molar-refractivity contribution in [2.75, 3.05) is 0 Å². The van der Waals surface area contributed by atoms with Crippen molar-refractivity contribution in [1.29, 1.82) is 0 Å². The van der Waals surface area contributed by atoms with Crippen molar-refractivity contribution in [1.82, 2.24) is 0 Å². The van der Waals surface area contributed by atoms with Crippen LogP contribution in [0.5, 0.6) is 0 Å². The largest absolute Gasteiger partial charge is 0.481 e. The van der Waals surface area contributed by atoms with Gasteiger partial charge in [-0.1, -0.05) is 0 Å². The van der Waals surface area contributed by atoms with E-state index in [9.17, 15) is 48.7 Å². The maximum Gasteiger partial charge on any atom is 0.466 e. The van der Waals surface area contributed by atoms with Gasteiger partial charge in [-0.3, -0.25) is 14.1 Å². The molecule has 0 fully saturated rings. The molecule has 0 aromatic carbocycles. The summed E-state index contributed by atoms with van der Waals surface area (Å²) in [5.74, 6) is -11.0. The highest BCUT2D eigenvalue weighted by Crippen LogP contribution is 2.43. The fourth-order valence-electron chi connectivity index (χ4n) is 1.09. The molecule has 2 N–H and O–H groups in total. The number of ether oxygens (including phenoxy) is 1. The molecule has 0 spiro atoms. The van der Waals surface area contributed by atoms with E-state index in [1.807, 2.05) is 0 Å². The summed E-state index contributed by atoms with van der Waals surface area (Å²) in [7, 11) is -5.67. The molecule has 1 unspecified atom stereocenters. The second-order valence-electron chi connectivity index (χ2n) is 4.04. The third-order valence-corrected chi connectivity index (χ3v) is 3.14. The molecule has 0 aromatic rings. The first kappa shape index (κ1) is 21.4. The number of halogens is 7. The van der Waals surface area contributed by atoms with E-state index in [1.165, 1.54) is 0 Å². The number of hydrogen-bond acceptors (Lipinski definition) is 5. The molecule has 0 bridgehead atoms. The molecule has 0 aliphatic heterocycles. The zero-order valence-corrected chi connectivity index (χ0v) is 11.3. The third-order valence-electron chi connectivity index (χ3n) is 2.06. The highest BCUT2D eigenvalue weighted by Gasteiger charge is 2.65. The lowest BCUT2D eigenvalue weighted by atomic mass is 10.2. The Labute approximate surface area is 122 Å². The van der Waals surface area contributed by atoms with Crippen LogP contribution < -0.4 is 0 Å². The Balaban J connectivity index is 5.42. The van der Waals surface area contributed by atoms with Crippen molar-refractivity contribution in [2.24, 2.45) is 0 Å². The van der Waals surface area contributed by atoms with Crippen molar-refractivity contribution < 1.29 is 63.1 Å². The van der Waals surface area contributed by atoms with Crippen molar-refractivity contribution in [2.45, 2.75) is 36.3 Å². The van der Waals surface area contributed by atoms with Crippen molar-refractivity contribution in [3.63, 3.8) is 0 Å². The predicted molar refractivity (Wildman–Crippen MR) is 54.2 cm³/mol. The zero-order chi connectivity index (χ0) is 18.9. The van der Waals surface area contributed by atoms with Crippen LogP contribution in [0.1, 0.15) is 12.8 Å². The van der Waals surface area contributed by atoms with Crippen molar-refractivity contribution in [3.8, 4) is 0 Å². The average Bonchev–Trinajstić information content (AvgIpc) is 2.19.